The second kappa shape index (κ2) is 8.13. The molecule has 0 saturated carbocycles. The zero-order chi connectivity index (χ0) is 19.7. The van der Waals surface area contributed by atoms with Crippen LogP contribution in [0.3, 0.4) is 0 Å². The molecule has 0 unspecified atom stereocenters. The predicted molar refractivity (Wildman–Crippen MR) is 117 cm³/mol. The molecule has 0 bridgehead atoms. The van der Waals surface area contributed by atoms with Gasteiger partial charge >= 0.3 is 0 Å². The Hall–Kier alpha value is -2.05. The van der Waals surface area contributed by atoms with Crippen molar-refractivity contribution in [3.05, 3.63) is 53.1 Å². The number of hydrogen-bond donors (Lipinski definition) is 0. The van der Waals surface area contributed by atoms with E-state index < -0.39 is 0 Å². The number of carbonyl (C=O) groups excluding carboxylic acids is 1. The van der Waals surface area contributed by atoms with Crippen LogP contribution in [0.1, 0.15) is 34.3 Å². The summed E-state index contributed by atoms with van der Waals surface area (Å²) in [5.74, 6) is 0.112. The molecule has 1 saturated heterocycles. The van der Waals surface area contributed by atoms with E-state index in [1.807, 2.05) is 35.4 Å². The number of ether oxygens (including phenoxy) is 1. The average Bonchev–Trinajstić information content (AvgIpc) is 3.16. The number of rotatable bonds is 4. The van der Waals surface area contributed by atoms with E-state index in [-0.39, 0.29) is 12.0 Å². The number of hydrogen-bond acceptors (Lipinski definition) is 5. The lowest BCUT2D eigenvalue weighted by molar-refractivity contribution is 0.0595. The number of thiazole rings is 1. The third kappa shape index (κ3) is 3.89. The number of aryl methyl sites for hydroxylation is 2. The van der Waals surface area contributed by atoms with E-state index in [4.69, 9.17) is 9.72 Å². The largest absolute Gasteiger partial charge is 0.467 e. The van der Waals surface area contributed by atoms with Crippen LogP contribution in [-0.4, -0.2) is 41.2 Å². The molecule has 2 heterocycles. The van der Waals surface area contributed by atoms with Gasteiger partial charge in [-0.25, -0.2) is 4.98 Å². The van der Waals surface area contributed by atoms with E-state index in [1.54, 1.807) is 23.1 Å². The summed E-state index contributed by atoms with van der Waals surface area (Å²) in [4.78, 5) is 20.5. The maximum atomic E-state index is 12.8. The Morgan fingerprint density at radius 3 is 2.64 bits per heavy atom. The molecule has 0 spiro atoms. The lowest BCUT2D eigenvalue weighted by atomic mass is 10.1. The molecule has 1 aliphatic heterocycles. The quantitative estimate of drug-likeness (QED) is 0.544. The van der Waals surface area contributed by atoms with Crippen molar-refractivity contribution in [2.45, 2.75) is 37.7 Å². The van der Waals surface area contributed by atoms with Gasteiger partial charge in [-0.2, -0.15) is 0 Å². The van der Waals surface area contributed by atoms with Crippen molar-refractivity contribution < 1.29 is 9.53 Å². The number of carbonyl (C=O) groups is 1. The lowest BCUT2D eigenvalue weighted by Crippen LogP contribution is -2.41. The van der Waals surface area contributed by atoms with Gasteiger partial charge in [0.05, 0.1) is 10.2 Å². The summed E-state index contributed by atoms with van der Waals surface area (Å²) in [6, 6.07) is 12.1. The number of aromatic nitrogens is 1. The highest BCUT2D eigenvalue weighted by molar-refractivity contribution is 7.98. The molecular formula is C22H24N2O2S2. The SMILES string of the molecule is CSc1cccc(C(=O)N2CCC(Oc3nc4c(C)ccc(C)c4s3)CC2)c1. The molecule has 0 N–H and O–H groups in total. The van der Waals surface area contributed by atoms with E-state index in [1.165, 1.54) is 15.8 Å². The van der Waals surface area contributed by atoms with Gasteiger partial charge < -0.3 is 9.64 Å². The van der Waals surface area contributed by atoms with Gasteiger partial charge in [-0.15, -0.1) is 11.8 Å². The molecule has 1 aliphatic rings. The maximum absolute atomic E-state index is 12.8. The first-order valence-corrected chi connectivity index (χ1v) is 11.6. The second-order valence-corrected chi connectivity index (χ2v) is 9.04. The van der Waals surface area contributed by atoms with E-state index in [0.29, 0.717) is 0 Å². The highest BCUT2D eigenvalue weighted by Crippen LogP contribution is 2.33. The molecule has 1 fully saturated rings. The zero-order valence-corrected chi connectivity index (χ0v) is 18.0. The highest BCUT2D eigenvalue weighted by Gasteiger charge is 2.25. The molecule has 146 valence electrons. The molecule has 6 heteroatoms. The molecule has 1 aromatic heterocycles. The van der Waals surface area contributed by atoms with Crippen molar-refractivity contribution in [1.29, 1.82) is 0 Å². The highest BCUT2D eigenvalue weighted by atomic mass is 32.2. The normalized spacial score (nSPS) is 15.2. The number of benzene rings is 2. The summed E-state index contributed by atoms with van der Waals surface area (Å²) >= 11 is 3.28. The predicted octanol–water partition coefficient (Wildman–Crippen LogP) is 5.32. The van der Waals surface area contributed by atoms with Crippen LogP contribution in [0.25, 0.3) is 10.2 Å². The monoisotopic (exact) mass is 412 g/mol. The average molecular weight is 413 g/mol. The van der Waals surface area contributed by atoms with Crippen LogP contribution in [0.15, 0.2) is 41.3 Å². The van der Waals surface area contributed by atoms with Gasteiger partial charge in [-0.1, -0.05) is 29.5 Å². The lowest BCUT2D eigenvalue weighted by Gasteiger charge is -2.31. The van der Waals surface area contributed by atoms with Gasteiger partial charge in [0.1, 0.15) is 6.10 Å². The van der Waals surface area contributed by atoms with Crippen LogP contribution < -0.4 is 4.74 Å². The van der Waals surface area contributed by atoms with Gasteiger partial charge in [0.15, 0.2) is 0 Å². The van der Waals surface area contributed by atoms with Crippen LogP contribution in [0, 0.1) is 13.8 Å². The van der Waals surface area contributed by atoms with E-state index in [9.17, 15) is 4.79 Å². The molecule has 0 atom stereocenters. The third-order valence-electron chi connectivity index (χ3n) is 5.24. The second-order valence-electron chi connectivity index (χ2n) is 7.20. The van der Waals surface area contributed by atoms with Crippen LogP contribution >= 0.6 is 23.1 Å². The first-order chi connectivity index (χ1) is 13.5. The van der Waals surface area contributed by atoms with E-state index in [0.717, 1.165) is 47.1 Å². The standard InChI is InChI=1S/C22H24N2O2S2/c1-14-7-8-15(2)20-19(14)23-22(28-20)26-17-9-11-24(12-10-17)21(25)16-5-4-6-18(13-16)27-3/h4-8,13,17H,9-12H2,1-3H3. The van der Waals surface area contributed by atoms with Crippen molar-refractivity contribution in [2.75, 3.05) is 19.3 Å². The zero-order valence-electron chi connectivity index (χ0n) is 16.4. The Morgan fingerprint density at radius 2 is 1.93 bits per heavy atom. The molecule has 3 aromatic rings. The summed E-state index contributed by atoms with van der Waals surface area (Å²) in [6.07, 6.45) is 3.81. The topological polar surface area (TPSA) is 42.4 Å². The van der Waals surface area contributed by atoms with Crippen LogP contribution in [0.5, 0.6) is 5.19 Å². The van der Waals surface area contributed by atoms with Crippen molar-refractivity contribution in [3.8, 4) is 5.19 Å². The maximum Gasteiger partial charge on any atom is 0.274 e. The van der Waals surface area contributed by atoms with Crippen LogP contribution in [0.4, 0.5) is 0 Å². The molecule has 2 aromatic carbocycles. The number of amides is 1. The number of likely N-dealkylation sites (tertiary alicyclic amines) is 1. The Bertz CT molecular complexity index is 968. The fraction of sp³-hybridized carbons (Fsp3) is 0.364. The van der Waals surface area contributed by atoms with E-state index in [2.05, 4.69) is 26.0 Å². The first kappa shape index (κ1) is 19.3. The first-order valence-electron chi connectivity index (χ1n) is 9.52. The van der Waals surface area contributed by atoms with Crippen LogP contribution in [0.2, 0.25) is 0 Å². The number of piperidine rings is 1. The fourth-order valence-corrected chi connectivity index (χ4v) is 5.04. The molecule has 0 aliphatic carbocycles. The molecular weight excluding hydrogens is 388 g/mol. The smallest absolute Gasteiger partial charge is 0.274 e. The van der Waals surface area contributed by atoms with Crippen molar-refractivity contribution in [2.24, 2.45) is 0 Å². The van der Waals surface area contributed by atoms with Gasteiger partial charge in [-0.3, -0.25) is 4.79 Å². The summed E-state index contributed by atoms with van der Waals surface area (Å²) in [7, 11) is 0. The Labute approximate surface area is 173 Å². The van der Waals surface area contributed by atoms with Gasteiger partial charge in [0.2, 0.25) is 0 Å². The van der Waals surface area contributed by atoms with Crippen molar-refractivity contribution in [1.82, 2.24) is 9.88 Å². The number of fused-ring (bicyclic) bond motifs is 1. The van der Waals surface area contributed by atoms with Gasteiger partial charge in [0.25, 0.3) is 11.1 Å². The third-order valence-corrected chi connectivity index (χ3v) is 7.04. The Morgan fingerprint density at radius 1 is 1.18 bits per heavy atom. The fourth-order valence-electron chi connectivity index (χ4n) is 3.55. The minimum Gasteiger partial charge on any atom is -0.467 e. The van der Waals surface area contributed by atoms with Crippen molar-refractivity contribution in [3.63, 3.8) is 0 Å². The van der Waals surface area contributed by atoms with Crippen molar-refractivity contribution >= 4 is 39.2 Å². The minimum absolute atomic E-state index is 0.112. The van der Waals surface area contributed by atoms with Gasteiger partial charge in [-0.05, 0) is 49.4 Å². The number of thioether (sulfide) groups is 1. The number of nitrogens with zero attached hydrogens (tertiary/aromatic N) is 2. The van der Waals surface area contributed by atoms with Gasteiger partial charge in [0, 0.05) is 36.4 Å². The molecule has 28 heavy (non-hydrogen) atoms. The molecule has 0 radical (unpaired) electrons. The Kier molecular flexibility index (Phi) is 5.60. The minimum atomic E-state index is 0.112. The summed E-state index contributed by atoms with van der Waals surface area (Å²) in [5.41, 5.74) is 4.23. The molecule has 1 amide bonds. The summed E-state index contributed by atoms with van der Waals surface area (Å²) < 4.78 is 7.39. The Balaban J connectivity index is 1.40. The summed E-state index contributed by atoms with van der Waals surface area (Å²) in [5, 5.41) is 0.741. The van der Waals surface area contributed by atoms with E-state index >= 15 is 0 Å². The summed E-state index contributed by atoms with van der Waals surface area (Å²) in [6.45, 7) is 5.63. The molecule has 4 nitrogen and oxygen atoms in total. The molecule has 4 rings (SSSR count). The van der Waals surface area contributed by atoms with Crippen LogP contribution in [-0.2, 0) is 0 Å².